The number of halogens is 2. The van der Waals surface area contributed by atoms with E-state index < -0.39 is 17.1 Å². The van der Waals surface area contributed by atoms with Gasteiger partial charge in [0.05, 0.1) is 5.69 Å². The Morgan fingerprint density at radius 1 is 0.822 bits per heavy atom. The Hall–Kier alpha value is -4.41. The Bertz CT molecular complexity index is 1830. The summed E-state index contributed by atoms with van der Waals surface area (Å²) in [4.78, 5) is 44.9. The predicted molar refractivity (Wildman–Crippen MR) is 184 cm³/mol. The second kappa shape index (κ2) is 15.0. The Kier molecular flexibility index (Phi) is 10.7. The number of carbonyl (C=O) groups excluding carboxylic acids is 3. The van der Waals surface area contributed by atoms with Crippen molar-refractivity contribution < 1.29 is 14.4 Å². The van der Waals surface area contributed by atoms with Gasteiger partial charge in [0.15, 0.2) is 5.13 Å². The lowest BCUT2D eigenvalue weighted by atomic mass is 10.1. The minimum absolute atomic E-state index is 0.0458. The fourth-order valence-corrected chi connectivity index (χ4v) is 6.39. The van der Waals surface area contributed by atoms with Gasteiger partial charge in [-0.05, 0) is 67.1 Å². The van der Waals surface area contributed by atoms with Gasteiger partial charge in [0.25, 0.3) is 11.8 Å². The van der Waals surface area contributed by atoms with Gasteiger partial charge in [-0.15, -0.1) is 23.1 Å². The van der Waals surface area contributed by atoms with Gasteiger partial charge < -0.3 is 16.0 Å². The molecular formula is C34H26Cl2N4O3S2. The first-order valence-corrected chi connectivity index (χ1v) is 16.2. The monoisotopic (exact) mass is 672 g/mol. The van der Waals surface area contributed by atoms with Crippen molar-refractivity contribution in [2.75, 3.05) is 10.6 Å². The van der Waals surface area contributed by atoms with E-state index in [-0.39, 0.29) is 11.6 Å². The summed E-state index contributed by atoms with van der Waals surface area (Å²) in [5, 5.41) is 11.0. The highest BCUT2D eigenvalue weighted by atomic mass is 35.5. The van der Waals surface area contributed by atoms with Crippen LogP contribution in [0.4, 0.5) is 10.8 Å². The first-order valence-electron chi connectivity index (χ1n) is 13.6. The summed E-state index contributed by atoms with van der Waals surface area (Å²) in [5.41, 5.74) is 2.88. The Morgan fingerprint density at radius 2 is 1.47 bits per heavy atom. The summed E-state index contributed by atoms with van der Waals surface area (Å²) in [6, 6.07) is 30.1. The maximum absolute atomic E-state index is 13.5. The average Bonchev–Trinajstić information content (AvgIpc) is 3.46. The zero-order valence-electron chi connectivity index (χ0n) is 23.8. The fourth-order valence-electron chi connectivity index (χ4n) is 4.17. The molecule has 0 aliphatic heterocycles. The van der Waals surface area contributed by atoms with Gasteiger partial charge in [0, 0.05) is 37.1 Å². The number of thioether (sulfide) groups is 1. The molecule has 7 nitrogen and oxygen atoms in total. The number of hydrogen-bond donors (Lipinski definition) is 3. The molecule has 1 aromatic heterocycles. The number of nitrogens with one attached hydrogen (secondary N) is 3. The first-order chi connectivity index (χ1) is 21.8. The molecule has 3 amide bonds. The van der Waals surface area contributed by atoms with Crippen LogP contribution in [0.25, 0.3) is 6.08 Å². The summed E-state index contributed by atoms with van der Waals surface area (Å²) < 4.78 is 0. The minimum Gasteiger partial charge on any atom is -0.321 e. The number of aryl methyl sites for hydroxylation is 1. The predicted octanol–water partition coefficient (Wildman–Crippen LogP) is 8.64. The molecule has 4 aromatic carbocycles. The molecule has 0 spiro atoms. The number of thiazole rings is 1. The molecule has 1 unspecified atom stereocenters. The topological polar surface area (TPSA) is 100 Å². The summed E-state index contributed by atoms with van der Waals surface area (Å²) in [5.74, 6) is -1.24. The summed E-state index contributed by atoms with van der Waals surface area (Å²) >= 11 is 15.5. The quantitative estimate of drug-likeness (QED) is 0.102. The average molecular weight is 674 g/mol. The van der Waals surface area contributed by atoms with Gasteiger partial charge in [0.1, 0.15) is 10.9 Å². The zero-order chi connectivity index (χ0) is 31.8. The van der Waals surface area contributed by atoms with Crippen LogP contribution in [-0.2, 0) is 9.59 Å². The molecule has 3 N–H and O–H groups in total. The van der Waals surface area contributed by atoms with Crippen LogP contribution >= 0.6 is 46.3 Å². The van der Waals surface area contributed by atoms with Crippen molar-refractivity contribution in [3.8, 4) is 0 Å². The normalized spacial score (nSPS) is 11.8. The van der Waals surface area contributed by atoms with Crippen LogP contribution in [0.15, 0.2) is 119 Å². The number of amides is 3. The van der Waals surface area contributed by atoms with E-state index in [0.717, 1.165) is 16.2 Å². The lowest BCUT2D eigenvalue weighted by Gasteiger charge is -2.17. The second-order valence-electron chi connectivity index (χ2n) is 9.68. The van der Waals surface area contributed by atoms with Gasteiger partial charge in [-0.25, -0.2) is 4.98 Å². The third-order valence-electron chi connectivity index (χ3n) is 6.37. The van der Waals surface area contributed by atoms with Crippen LogP contribution in [0.2, 0.25) is 10.0 Å². The largest absolute Gasteiger partial charge is 0.321 e. The number of nitrogens with zero attached hydrogens (tertiary/aromatic N) is 1. The minimum atomic E-state index is -0.573. The molecule has 5 rings (SSSR count). The Balaban J connectivity index is 1.34. The molecule has 11 heteroatoms. The standard InChI is InChI=1S/C34H26Cl2N4O3S2/c1-21-20-44-34(37-21)40-33(43)30(22-9-4-2-5-10-22)45-25-17-15-24(16-18-25)38-32(42)29(19-26-27(35)13-8-14-28(26)36)39-31(41)23-11-6-3-7-12-23/h2-20,30H,1H3,(H,38,42)(H,39,41)(H,37,40,43)/b29-19-. The van der Waals surface area contributed by atoms with Gasteiger partial charge in [-0.3, -0.25) is 14.4 Å². The third-order valence-corrected chi connectivity index (χ3v) is 9.17. The lowest BCUT2D eigenvalue weighted by Crippen LogP contribution is -2.30. The van der Waals surface area contributed by atoms with Gasteiger partial charge in [-0.2, -0.15) is 0 Å². The van der Waals surface area contributed by atoms with Crippen molar-refractivity contribution in [3.05, 3.63) is 147 Å². The molecule has 1 atom stereocenters. The second-order valence-corrected chi connectivity index (χ2v) is 12.5. The molecule has 0 aliphatic rings. The van der Waals surface area contributed by atoms with Crippen LogP contribution in [-0.4, -0.2) is 22.7 Å². The maximum Gasteiger partial charge on any atom is 0.272 e. The van der Waals surface area contributed by atoms with E-state index in [2.05, 4.69) is 20.9 Å². The summed E-state index contributed by atoms with van der Waals surface area (Å²) in [6.45, 7) is 1.87. The summed E-state index contributed by atoms with van der Waals surface area (Å²) in [7, 11) is 0. The smallest absolute Gasteiger partial charge is 0.272 e. The van der Waals surface area contributed by atoms with Crippen molar-refractivity contribution in [1.82, 2.24) is 10.3 Å². The molecule has 0 aliphatic carbocycles. The third kappa shape index (κ3) is 8.61. The van der Waals surface area contributed by atoms with E-state index in [1.165, 1.54) is 29.2 Å². The molecule has 0 radical (unpaired) electrons. The number of aromatic nitrogens is 1. The highest BCUT2D eigenvalue weighted by molar-refractivity contribution is 8.00. The van der Waals surface area contributed by atoms with Crippen LogP contribution in [0.3, 0.4) is 0 Å². The van der Waals surface area contributed by atoms with E-state index in [1.807, 2.05) is 54.8 Å². The zero-order valence-corrected chi connectivity index (χ0v) is 26.9. The van der Waals surface area contributed by atoms with Gasteiger partial charge in [-0.1, -0.05) is 77.8 Å². The van der Waals surface area contributed by atoms with E-state index in [1.54, 1.807) is 60.7 Å². The highest BCUT2D eigenvalue weighted by Crippen LogP contribution is 2.37. The molecule has 226 valence electrons. The van der Waals surface area contributed by atoms with Crippen LogP contribution < -0.4 is 16.0 Å². The fraction of sp³-hybridized carbons (Fsp3) is 0.0588. The van der Waals surface area contributed by atoms with E-state index in [9.17, 15) is 14.4 Å². The molecule has 0 saturated carbocycles. The molecule has 1 heterocycles. The lowest BCUT2D eigenvalue weighted by molar-refractivity contribution is -0.116. The molecule has 45 heavy (non-hydrogen) atoms. The van der Waals surface area contributed by atoms with Crippen LogP contribution in [0.1, 0.15) is 32.4 Å². The number of rotatable bonds is 10. The Labute approximate surface area is 278 Å². The summed E-state index contributed by atoms with van der Waals surface area (Å²) in [6.07, 6.45) is 1.44. The number of anilines is 2. The highest BCUT2D eigenvalue weighted by Gasteiger charge is 2.23. The molecule has 0 fully saturated rings. The van der Waals surface area contributed by atoms with Crippen molar-refractivity contribution >= 4 is 80.9 Å². The van der Waals surface area contributed by atoms with E-state index >= 15 is 0 Å². The number of benzene rings is 4. The molecular weight excluding hydrogens is 647 g/mol. The van der Waals surface area contributed by atoms with Crippen molar-refractivity contribution in [1.29, 1.82) is 0 Å². The molecule has 0 saturated heterocycles. The van der Waals surface area contributed by atoms with Gasteiger partial charge >= 0.3 is 0 Å². The van der Waals surface area contributed by atoms with Crippen LogP contribution in [0.5, 0.6) is 0 Å². The Morgan fingerprint density at radius 3 is 2.09 bits per heavy atom. The van der Waals surface area contributed by atoms with Crippen LogP contribution in [0, 0.1) is 6.92 Å². The number of hydrogen-bond acceptors (Lipinski definition) is 6. The maximum atomic E-state index is 13.5. The van der Waals surface area contributed by atoms with E-state index in [4.69, 9.17) is 23.2 Å². The van der Waals surface area contributed by atoms with Crippen molar-refractivity contribution in [2.45, 2.75) is 17.1 Å². The SMILES string of the molecule is Cc1csc(NC(=O)C(Sc2ccc(NC(=O)/C(=C/c3c(Cl)cccc3Cl)NC(=O)c3ccccc3)cc2)c2ccccc2)n1. The molecule has 0 bridgehead atoms. The van der Waals surface area contributed by atoms with Crippen molar-refractivity contribution in [2.24, 2.45) is 0 Å². The van der Waals surface area contributed by atoms with E-state index in [0.29, 0.717) is 32.0 Å². The van der Waals surface area contributed by atoms with Gasteiger partial charge in [0.2, 0.25) is 5.91 Å². The first kappa shape index (κ1) is 32.0. The molecule has 5 aromatic rings. The van der Waals surface area contributed by atoms with Crippen molar-refractivity contribution in [3.63, 3.8) is 0 Å². The number of carbonyl (C=O) groups is 3.